The van der Waals surface area contributed by atoms with Crippen LogP contribution in [0.2, 0.25) is 0 Å². The summed E-state index contributed by atoms with van der Waals surface area (Å²) in [5, 5.41) is 16.8. The first-order valence-electron chi connectivity index (χ1n) is 21.0. The van der Waals surface area contributed by atoms with Gasteiger partial charge in [-0.2, -0.15) is 0 Å². The predicted molar refractivity (Wildman–Crippen MR) is 253 cm³/mol. The normalized spacial score (nSPS) is 12.5. The molecular formula is C59H32F2. The molecule has 0 spiro atoms. The van der Waals surface area contributed by atoms with Gasteiger partial charge >= 0.3 is 0 Å². The minimum atomic E-state index is -0.270. The summed E-state index contributed by atoms with van der Waals surface area (Å²) < 4.78 is 29.6. The van der Waals surface area contributed by atoms with Gasteiger partial charge in [0.25, 0.3) is 0 Å². The molecule has 0 amide bonds. The van der Waals surface area contributed by atoms with Crippen molar-refractivity contribution in [3.05, 3.63) is 193 Å². The highest BCUT2D eigenvalue weighted by molar-refractivity contribution is 6.35. The first kappa shape index (κ1) is 33.2. The van der Waals surface area contributed by atoms with Gasteiger partial charge in [-0.05, 0) is 203 Å². The van der Waals surface area contributed by atoms with Gasteiger partial charge in [0.1, 0.15) is 11.6 Å². The Balaban J connectivity index is 1.16. The molecule has 0 heterocycles. The third kappa shape index (κ3) is 4.36. The van der Waals surface area contributed by atoms with Crippen molar-refractivity contribution in [1.82, 2.24) is 0 Å². The van der Waals surface area contributed by atoms with Crippen molar-refractivity contribution in [2.24, 2.45) is 0 Å². The fraction of sp³-hybridized carbons (Fsp3) is 0.0169. The van der Waals surface area contributed by atoms with Crippen LogP contribution >= 0.6 is 0 Å². The summed E-state index contributed by atoms with van der Waals surface area (Å²) in [4.78, 5) is 0. The molecule has 2 heteroatoms. The fourth-order valence-electron chi connectivity index (χ4n) is 11.4. The van der Waals surface area contributed by atoms with E-state index >= 15 is 0 Å². The maximum Gasteiger partial charge on any atom is 0.123 e. The summed E-state index contributed by atoms with van der Waals surface area (Å²) in [5.74, 6) is -0.539. The molecule has 0 bridgehead atoms. The minimum Gasteiger partial charge on any atom is -0.207 e. The van der Waals surface area contributed by atoms with Crippen molar-refractivity contribution >= 4 is 75.4 Å². The first-order valence-corrected chi connectivity index (χ1v) is 21.0. The first-order chi connectivity index (χ1) is 30.0. The summed E-state index contributed by atoms with van der Waals surface area (Å²) >= 11 is 0. The number of halogens is 2. The summed E-state index contributed by atoms with van der Waals surface area (Å²) in [6, 6.07) is 61.3. The van der Waals surface area contributed by atoms with E-state index in [2.05, 4.69) is 134 Å². The zero-order valence-electron chi connectivity index (χ0n) is 33.0. The lowest BCUT2D eigenvalue weighted by Gasteiger charge is -2.22. The Hall–Kier alpha value is -7.68. The maximum atomic E-state index is 14.9. The monoisotopic (exact) mass is 778 g/mol. The van der Waals surface area contributed by atoms with Crippen LogP contribution in [0.4, 0.5) is 8.78 Å². The molecule has 0 aromatic heterocycles. The van der Waals surface area contributed by atoms with Gasteiger partial charge in [0.2, 0.25) is 0 Å². The number of benzene rings is 12. The van der Waals surface area contributed by atoms with Crippen LogP contribution < -0.4 is 0 Å². The quantitative estimate of drug-likeness (QED) is 0.153. The molecule has 0 aliphatic heterocycles. The average Bonchev–Trinajstić information content (AvgIpc) is 3.77. The topological polar surface area (TPSA) is 0 Å². The summed E-state index contributed by atoms with van der Waals surface area (Å²) in [7, 11) is 0. The molecule has 2 aliphatic rings. The van der Waals surface area contributed by atoms with Crippen LogP contribution in [-0.2, 0) is 0 Å². The molecule has 282 valence electrons. The molecule has 0 saturated carbocycles. The molecular weight excluding hydrogens is 747 g/mol. The Morgan fingerprint density at radius 3 is 1.56 bits per heavy atom. The van der Waals surface area contributed by atoms with Crippen LogP contribution in [0.15, 0.2) is 176 Å². The van der Waals surface area contributed by atoms with Gasteiger partial charge in [-0.1, -0.05) is 127 Å². The smallest absolute Gasteiger partial charge is 0.123 e. The summed E-state index contributed by atoms with van der Waals surface area (Å²) in [6.45, 7) is 2.20. The van der Waals surface area contributed by atoms with E-state index in [1.165, 1.54) is 81.7 Å². The van der Waals surface area contributed by atoms with Crippen molar-refractivity contribution in [2.45, 2.75) is 6.92 Å². The van der Waals surface area contributed by atoms with Gasteiger partial charge in [-0.15, -0.1) is 0 Å². The van der Waals surface area contributed by atoms with Gasteiger partial charge in [0, 0.05) is 0 Å². The maximum absolute atomic E-state index is 14.9. The zero-order valence-corrected chi connectivity index (χ0v) is 33.0. The number of rotatable bonds is 2. The molecule has 0 atom stereocenters. The standard InChI is InChI=1S/C59H32F2/c1-31-25-49-40-10-5-3-7-34(40)28-51-47-27-36-17-22-43-41(46(36)30-48(47)50(26-31)56(49)51)23-24-45-53(32-13-18-37(60)19-14-32)59-52-29-35-8-2-4-9-39(35)42-11-6-12-44(55(42)52)58(59)54(57(43)45)33-15-20-38(61)21-16-33/h2-30H,1H3. The SMILES string of the molecule is Cc1cc2c3c(cc4ccccc4c3c1)-c1cc3ccc4c(ccc5c(-c6ccc(F)cc6)c6c(c(-c7ccc(F)cc7)c54)-c4cccc5c4c-6cc4ccccc45)c3cc1-2. The molecule has 0 nitrogen and oxygen atoms in total. The van der Waals surface area contributed by atoms with Crippen LogP contribution in [0, 0.1) is 18.6 Å². The molecule has 0 unspecified atom stereocenters. The minimum absolute atomic E-state index is 0.269. The van der Waals surface area contributed by atoms with Gasteiger partial charge in [-0.3, -0.25) is 0 Å². The number of fused-ring (bicyclic) bond motifs is 15. The van der Waals surface area contributed by atoms with Crippen LogP contribution in [0.3, 0.4) is 0 Å². The van der Waals surface area contributed by atoms with Crippen LogP contribution in [-0.4, -0.2) is 0 Å². The van der Waals surface area contributed by atoms with E-state index in [4.69, 9.17) is 0 Å². The molecule has 0 saturated heterocycles. The van der Waals surface area contributed by atoms with E-state index in [9.17, 15) is 8.78 Å². The van der Waals surface area contributed by atoms with E-state index in [0.29, 0.717) is 0 Å². The van der Waals surface area contributed by atoms with Crippen LogP contribution in [0.25, 0.3) is 142 Å². The van der Waals surface area contributed by atoms with E-state index in [-0.39, 0.29) is 11.6 Å². The Bertz CT molecular complexity index is 3990. The van der Waals surface area contributed by atoms with Crippen LogP contribution in [0.5, 0.6) is 0 Å². The van der Waals surface area contributed by atoms with Crippen molar-refractivity contribution in [3.63, 3.8) is 0 Å². The van der Waals surface area contributed by atoms with Crippen molar-refractivity contribution in [2.75, 3.05) is 0 Å². The Morgan fingerprint density at radius 1 is 0.279 bits per heavy atom. The molecule has 0 fully saturated rings. The third-order valence-electron chi connectivity index (χ3n) is 13.8. The zero-order chi connectivity index (χ0) is 40.2. The highest BCUT2D eigenvalue weighted by Gasteiger charge is 2.32. The summed E-state index contributed by atoms with van der Waals surface area (Å²) in [5.41, 5.74) is 15.0. The fourth-order valence-corrected chi connectivity index (χ4v) is 11.4. The Kier molecular flexibility index (Phi) is 6.39. The number of hydrogen-bond acceptors (Lipinski definition) is 0. The van der Waals surface area contributed by atoms with E-state index in [0.717, 1.165) is 66.1 Å². The Morgan fingerprint density at radius 2 is 0.803 bits per heavy atom. The van der Waals surface area contributed by atoms with Crippen molar-refractivity contribution in [3.8, 4) is 66.8 Å². The lowest BCUT2D eigenvalue weighted by molar-refractivity contribution is 0.627. The highest BCUT2D eigenvalue weighted by Crippen LogP contribution is 2.60. The van der Waals surface area contributed by atoms with Crippen molar-refractivity contribution < 1.29 is 8.78 Å². The predicted octanol–water partition coefficient (Wildman–Crippen LogP) is 17.0. The molecule has 61 heavy (non-hydrogen) atoms. The molecule has 2 aliphatic carbocycles. The van der Waals surface area contributed by atoms with E-state index < -0.39 is 0 Å². The average molecular weight is 779 g/mol. The molecule has 12 aromatic carbocycles. The van der Waals surface area contributed by atoms with Gasteiger partial charge in [0.05, 0.1) is 0 Å². The van der Waals surface area contributed by atoms with Gasteiger partial charge in [-0.25, -0.2) is 8.78 Å². The van der Waals surface area contributed by atoms with Gasteiger partial charge in [0.15, 0.2) is 0 Å². The van der Waals surface area contributed by atoms with Gasteiger partial charge < -0.3 is 0 Å². The number of aryl methyl sites for hydroxylation is 1. The molecule has 12 aromatic rings. The lowest BCUT2D eigenvalue weighted by Crippen LogP contribution is -1.95. The second-order valence-electron chi connectivity index (χ2n) is 17.0. The molecule has 0 radical (unpaired) electrons. The second kappa shape index (κ2) is 11.7. The third-order valence-corrected chi connectivity index (χ3v) is 13.8. The second-order valence-corrected chi connectivity index (χ2v) is 17.0. The molecule has 14 rings (SSSR count). The highest BCUT2D eigenvalue weighted by atomic mass is 19.1. The number of hydrogen-bond donors (Lipinski definition) is 0. The van der Waals surface area contributed by atoms with Crippen LogP contribution in [0.1, 0.15) is 5.56 Å². The lowest BCUT2D eigenvalue weighted by atomic mass is 9.80. The summed E-state index contributed by atoms with van der Waals surface area (Å²) in [6.07, 6.45) is 0. The largest absolute Gasteiger partial charge is 0.207 e. The van der Waals surface area contributed by atoms with E-state index in [1.807, 2.05) is 24.3 Å². The Labute approximate surface area is 349 Å². The molecule has 0 N–H and O–H groups in total. The van der Waals surface area contributed by atoms with E-state index in [1.54, 1.807) is 24.3 Å². The van der Waals surface area contributed by atoms with Crippen molar-refractivity contribution in [1.29, 1.82) is 0 Å².